The fourth-order valence-electron chi connectivity index (χ4n) is 3.93. The SMILES string of the molecule is CCCN(CC(=O)Nc1ccc(C)c(F)c1)C1CCN(C(=O)c2ccccc2)CC1. The van der Waals surface area contributed by atoms with Gasteiger partial charge in [-0.2, -0.15) is 0 Å². The standard InChI is InChI=1S/C24H30FN3O2/c1-3-13-28(17-23(29)26-20-10-9-18(2)22(25)16-20)21-11-14-27(15-12-21)24(30)19-7-5-4-6-8-19/h4-10,16,21H,3,11-15,17H2,1-2H3,(H,26,29). The Morgan fingerprint density at radius 1 is 1.13 bits per heavy atom. The first-order valence-corrected chi connectivity index (χ1v) is 10.6. The number of hydrogen-bond donors (Lipinski definition) is 1. The van der Waals surface area contributed by atoms with Gasteiger partial charge in [0.1, 0.15) is 5.82 Å². The van der Waals surface area contributed by atoms with Gasteiger partial charge in [0.25, 0.3) is 5.91 Å². The molecule has 1 N–H and O–H groups in total. The number of aryl methyl sites for hydroxylation is 1. The van der Waals surface area contributed by atoms with Crippen molar-refractivity contribution in [2.24, 2.45) is 0 Å². The van der Waals surface area contributed by atoms with Crippen LogP contribution in [-0.4, -0.2) is 53.8 Å². The molecule has 1 fully saturated rings. The number of carbonyl (C=O) groups excluding carboxylic acids is 2. The number of carbonyl (C=O) groups is 2. The zero-order valence-electron chi connectivity index (χ0n) is 17.7. The second-order valence-corrected chi connectivity index (χ2v) is 7.87. The first-order valence-electron chi connectivity index (χ1n) is 10.6. The van der Waals surface area contributed by atoms with E-state index in [1.807, 2.05) is 35.2 Å². The highest BCUT2D eigenvalue weighted by Crippen LogP contribution is 2.20. The molecule has 1 aliphatic heterocycles. The monoisotopic (exact) mass is 411 g/mol. The van der Waals surface area contributed by atoms with Crippen LogP contribution in [0.15, 0.2) is 48.5 Å². The molecule has 30 heavy (non-hydrogen) atoms. The van der Waals surface area contributed by atoms with Gasteiger partial charge in [0.15, 0.2) is 0 Å². The van der Waals surface area contributed by atoms with Gasteiger partial charge in [-0.15, -0.1) is 0 Å². The minimum Gasteiger partial charge on any atom is -0.339 e. The van der Waals surface area contributed by atoms with E-state index in [0.29, 0.717) is 29.9 Å². The van der Waals surface area contributed by atoms with Crippen LogP contribution in [0.4, 0.5) is 10.1 Å². The molecule has 0 aliphatic carbocycles. The Hall–Kier alpha value is -2.73. The highest BCUT2D eigenvalue weighted by atomic mass is 19.1. The van der Waals surface area contributed by atoms with Crippen molar-refractivity contribution in [3.63, 3.8) is 0 Å². The summed E-state index contributed by atoms with van der Waals surface area (Å²) in [5.74, 6) is -0.404. The lowest BCUT2D eigenvalue weighted by Gasteiger charge is -2.38. The number of piperidine rings is 1. The third-order valence-electron chi connectivity index (χ3n) is 5.60. The zero-order chi connectivity index (χ0) is 21.5. The van der Waals surface area contributed by atoms with Crippen LogP contribution in [0.5, 0.6) is 0 Å². The molecular weight excluding hydrogens is 381 g/mol. The second kappa shape index (κ2) is 10.3. The number of halogens is 1. The number of likely N-dealkylation sites (tertiary alicyclic amines) is 1. The zero-order valence-corrected chi connectivity index (χ0v) is 17.7. The largest absolute Gasteiger partial charge is 0.339 e. The fourth-order valence-corrected chi connectivity index (χ4v) is 3.93. The van der Waals surface area contributed by atoms with E-state index in [1.54, 1.807) is 19.1 Å². The van der Waals surface area contributed by atoms with Crippen molar-refractivity contribution in [2.75, 3.05) is 31.5 Å². The van der Waals surface area contributed by atoms with Gasteiger partial charge in [-0.05, 0) is 62.6 Å². The Morgan fingerprint density at radius 3 is 2.47 bits per heavy atom. The van der Waals surface area contributed by atoms with Crippen molar-refractivity contribution >= 4 is 17.5 Å². The average molecular weight is 412 g/mol. The summed E-state index contributed by atoms with van der Waals surface area (Å²) in [5.41, 5.74) is 1.74. The molecule has 2 amide bonds. The Bertz CT molecular complexity index is 864. The van der Waals surface area contributed by atoms with Crippen molar-refractivity contribution in [1.82, 2.24) is 9.80 Å². The summed E-state index contributed by atoms with van der Waals surface area (Å²) in [6.07, 6.45) is 2.62. The van der Waals surface area contributed by atoms with Crippen LogP contribution in [0, 0.1) is 12.7 Å². The summed E-state index contributed by atoms with van der Waals surface area (Å²) >= 11 is 0. The lowest BCUT2D eigenvalue weighted by Crippen LogP contribution is -2.49. The lowest BCUT2D eigenvalue weighted by molar-refractivity contribution is -0.118. The maximum atomic E-state index is 13.7. The third kappa shape index (κ3) is 5.66. The number of rotatable bonds is 7. The van der Waals surface area contributed by atoms with Crippen LogP contribution in [0.25, 0.3) is 0 Å². The summed E-state index contributed by atoms with van der Waals surface area (Å²) in [7, 11) is 0. The first-order chi connectivity index (χ1) is 14.5. The van der Waals surface area contributed by atoms with Crippen molar-refractivity contribution < 1.29 is 14.0 Å². The fraction of sp³-hybridized carbons (Fsp3) is 0.417. The van der Waals surface area contributed by atoms with E-state index in [-0.39, 0.29) is 30.2 Å². The highest BCUT2D eigenvalue weighted by molar-refractivity contribution is 5.94. The molecule has 160 valence electrons. The number of hydrogen-bond acceptors (Lipinski definition) is 3. The molecule has 0 saturated carbocycles. The van der Waals surface area contributed by atoms with Gasteiger partial charge >= 0.3 is 0 Å². The van der Waals surface area contributed by atoms with Crippen LogP contribution in [0.3, 0.4) is 0 Å². The smallest absolute Gasteiger partial charge is 0.253 e. The number of nitrogens with zero attached hydrogens (tertiary/aromatic N) is 2. The molecule has 6 heteroatoms. The van der Waals surface area contributed by atoms with E-state index in [4.69, 9.17) is 0 Å². The molecule has 2 aromatic carbocycles. The third-order valence-corrected chi connectivity index (χ3v) is 5.60. The van der Waals surface area contributed by atoms with Crippen LogP contribution in [0.2, 0.25) is 0 Å². The predicted molar refractivity (Wildman–Crippen MR) is 117 cm³/mol. The van der Waals surface area contributed by atoms with Crippen LogP contribution in [-0.2, 0) is 4.79 Å². The number of nitrogens with one attached hydrogen (secondary N) is 1. The van der Waals surface area contributed by atoms with E-state index in [0.717, 1.165) is 25.8 Å². The van der Waals surface area contributed by atoms with Crippen molar-refractivity contribution in [2.45, 2.75) is 39.2 Å². The topological polar surface area (TPSA) is 52.7 Å². The summed E-state index contributed by atoms with van der Waals surface area (Å²) < 4.78 is 13.7. The van der Waals surface area contributed by atoms with Gasteiger partial charge in [-0.25, -0.2) is 4.39 Å². The molecule has 0 aromatic heterocycles. The molecule has 0 spiro atoms. The molecule has 5 nitrogen and oxygen atoms in total. The van der Waals surface area contributed by atoms with Gasteiger partial charge in [0.2, 0.25) is 5.91 Å². The minimum absolute atomic E-state index is 0.0650. The molecule has 1 saturated heterocycles. The molecule has 1 aliphatic rings. The summed E-state index contributed by atoms with van der Waals surface area (Å²) in [6, 6.07) is 14.3. The van der Waals surface area contributed by atoms with E-state index in [1.165, 1.54) is 6.07 Å². The number of anilines is 1. The van der Waals surface area contributed by atoms with E-state index in [9.17, 15) is 14.0 Å². The van der Waals surface area contributed by atoms with Gasteiger partial charge in [-0.3, -0.25) is 14.5 Å². The van der Waals surface area contributed by atoms with Crippen molar-refractivity contribution in [3.05, 3.63) is 65.5 Å². The number of benzene rings is 2. The van der Waals surface area contributed by atoms with Gasteiger partial charge < -0.3 is 10.2 Å². The lowest BCUT2D eigenvalue weighted by atomic mass is 10.0. The van der Waals surface area contributed by atoms with Crippen LogP contribution in [0.1, 0.15) is 42.1 Å². The first kappa shape index (κ1) is 22.0. The highest BCUT2D eigenvalue weighted by Gasteiger charge is 2.28. The summed E-state index contributed by atoms with van der Waals surface area (Å²) in [5, 5.41) is 2.80. The molecule has 2 aromatic rings. The van der Waals surface area contributed by atoms with Crippen molar-refractivity contribution in [3.8, 4) is 0 Å². The van der Waals surface area contributed by atoms with Crippen molar-refractivity contribution in [1.29, 1.82) is 0 Å². The normalized spacial score (nSPS) is 14.7. The van der Waals surface area contributed by atoms with Crippen LogP contribution >= 0.6 is 0 Å². The Morgan fingerprint density at radius 2 is 1.83 bits per heavy atom. The van der Waals surface area contributed by atoms with E-state index < -0.39 is 0 Å². The molecule has 0 unspecified atom stereocenters. The quantitative estimate of drug-likeness (QED) is 0.747. The molecule has 0 bridgehead atoms. The summed E-state index contributed by atoms with van der Waals surface area (Å²) in [4.78, 5) is 29.3. The van der Waals surface area contributed by atoms with E-state index >= 15 is 0 Å². The summed E-state index contributed by atoms with van der Waals surface area (Å²) in [6.45, 7) is 6.23. The Labute approximate surface area is 177 Å². The number of amides is 2. The minimum atomic E-state index is -0.325. The van der Waals surface area contributed by atoms with E-state index in [2.05, 4.69) is 17.1 Å². The molecule has 0 atom stereocenters. The Kier molecular flexibility index (Phi) is 7.57. The maximum absolute atomic E-state index is 13.7. The van der Waals surface area contributed by atoms with Crippen LogP contribution < -0.4 is 5.32 Å². The Balaban J connectivity index is 1.55. The predicted octanol–water partition coefficient (Wildman–Crippen LogP) is 4.09. The van der Waals surface area contributed by atoms with Gasteiger partial charge in [0, 0.05) is 30.4 Å². The maximum Gasteiger partial charge on any atom is 0.253 e. The van der Waals surface area contributed by atoms with Gasteiger partial charge in [-0.1, -0.05) is 31.2 Å². The van der Waals surface area contributed by atoms with Gasteiger partial charge in [0.05, 0.1) is 6.54 Å². The molecular formula is C24H30FN3O2. The average Bonchev–Trinajstić information content (AvgIpc) is 2.76. The molecule has 1 heterocycles. The molecule has 3 rings (SSSR count). The molecule has 0 radical (unpaired) electrons. The second-order valence-electron chi connectivity index (χ2n) is 7.87.